The number of hydrogen-bond donors (Lipinski definition) is 2. The molecule has 0 aromatic heterocycles. The number of nitrogens with zero attached hydrogens (tertiary/aromatic N) is 1. The molecule has 0 saturated carbocycles. The van der Waals surface area contributed by atoms with Crippen molar-refractivity contribution in [2.45, 2.75) is 32.7 Å². The highest BCUT2D eigenvalue weighted by Gasteiger charge is 2.20. The normalized spacial score (nSPS) is 12.0. The highest BCUT2D eigenvalue weighted by Crippen LogP contribution is 2.23. The van der Waals surface area contributed by atoms with Crippen LogP contribution in [0.15, 0.2) is 78.9 Å². The van der Waals surface area contributed by atoms with Gasteiger partial charge in [0.2, 0.25) is 15.9 Å². The Morgan fingerprint density at radius 3 is 2.23 bits per heavy atom. The van der Waals surface area contributed by atoms with Crippen molar-refractivity contribution in [2.24, 2.45) is 0 Å². The minimum atomic E-state index is -3.50. The van der Waals surface area contributed by atoms with E-state index in [-0.39, 0.29) is 30.8 Å². The van der Waals surface area contributed by atoms with Crippen molar-refractivity contribution < 1.29 is 18.0 Å². The van der Waals surface area contributed by atoms with E-state index in [1.54, 1.807) is 36.4 Å². The molecular weight excluding hydrogens is 462 g/mol. The van der Waals surface area contributed by atoms with Gasteiger partial charge in [0.25, 0.3) is 5.91 Å². The molecule has 3 rings (SSSR count). The van der Waals surface area contributed by atoms with Crippen LogP contribution in [-0.4, -0.2) is 33.0 Å². The molecule has 2 amide bonds. The van der Waals surface area contributed by atoms with Gasteiger partial charge in [-0.05, 0) is 49.6 Å². The topological polar surface area (TPSA) is 95.6 Å². The number of hydrogen-bond acceptors (Lipinski definition) is 4. The van der Waals surface area contributed by atoms with Gasteiger partial charge in [0.05, 0.1) is 29.2 Å². The van der Waals surface area contributed by atoms with Crippen molar-refractivity contribution in [1.29, 1.82) is 0 Å². The molecule has 0 aliphatic rings. The van der Waals surface area contributed by atoms with Gasteiger partial charge in [0.15, 0.2) is 0 Å². The number of amides is 2. The van der Waals surface area contributed by atoms with Crippen LogP contribution < -0.4 is 14.9 Å². The number of benzene rings is 3. The maximum atomic E-state index is 12.9. The van der Waals surface area contributed by atoms with Crippen molar-refractivity contribution in [3.8, 4) is 0 Å². The van der Waals surface area contributed by atoms with E-state index in [9.17, 15) is 18.0 Å². The molecule has 1 unspecified atom stereocenters. The molecule has 3 aromatic carbocycles. The van der Waals surface area contributed by atoms with Gasteiger partial charge in [-0.1, -0.05) is 60.7 Å². The summed E-state index contributed by atoms with van der Waals surface area (Å²) in [4.78, 5) is 25.6. The first-order chi connectivity index (χ1) is 16.7. The first-order valence-electron chi connectivity index (χ1n) is 11.4. The van der Waals surface area contributed by atoms with E-state index in [4.69, 9.17) is 0 Å². The minimum Gasteiger partial charge on any atom is -0.345 e. The molecule has 0 bridgehead atoms. The van der Waals surface area contributed by atoms with Crippen LogP contribution in [0, 0.1) is 6.92 Å². The summed E-state index contributed by atoms with van der Waals surface area (Å²) in [5.74, 6) is -0.584. The Kier molecular flexibility index (Phi) is 8.65. The zero-order valence-corrected chi connectivity index (χ0v) is 21.0. The molecule has 8 heteroatoms. The Morgan fingerprint density at radius 1 is 0.914 bits per heavy atom. The lowest BCUT2D eigenvalue weighted by Gasteiger charge is -2.24. The van der Waals surface area contributed by atoms with Crippen molar-refractivity contribution in [3.63, 3.8) is 0 Å². The van der Waals surface area contributed by atoms with Gasteiger partial charge in [-0.2, -0.15) is 0 Å². The Balaban J connectivity index is 1.62. The second-order valence-electron chi connectivity index (χ2n) is 8.42. The van der Waals surface area contributed by atoms with E-state index in [2.05, 4.69) is 10.6 Å². The maximum absolute atomic E-state index is 12.9. The summed E-state index contributed by atoms with van der Waals surface area (Å²) in [5.41, 5.74) is 3.19. The fourth-order valence-electron chi connectivity index (χ4n) is 3.79. The first kappa shape index (κ1) is 26.0. The third-order valence-electron chi connectivity index (χ3n) is 5.64. The largest absolute Gasteiger partial charge is 0.345 e. The SMILES string of the molecule is Cc1ccccc1N(CCCC(=O)Nc1ccccc1C(=O)NC(C)c1ccccc1)S(C)(=O)=O. The Bertz CT molecular complexity index is 1280. The standard InChI is InChI=1S/C27H31N3O4S/c1-20-12-7-10-17-25(20)30(35(3,33)34)19-11-18-26(31)29-24-16-9-8-15-23(24)27(32)28-21(2)22-13-5-4-6-14-22/h4-10,12-17,21H,11,18-19H2,1-3H3,(H,28,32)(H,29,31). The third kappa shape index (κ3) is 7.16. The number of sulfonamides is 1. The molecule has 35 heavy (non-hydrogen) atoms. The van der Waals surface area contributed by atoms with E-state index in [0.29, 0.717) is 23.4 Å². The van der Waals surface area contributed by atoms with Crippen LogP contribution in [0.1, 0.15) is 47.3 Å². The number of carbonyl (C=O) groups is 2. The Morgan fingerprint density at radius 2 is 1.54 bits per heavy atom. The second-order valence-corrected chi connectivity index (χ2v) is 10.3. The molecule has 0 aliphatic heterocycles. The predicted octanol–water partition coefficient (Wildman–Crippen LogP) is 4.67. The van der Waals surface area contributed by atoms with Crippen LogP contribution in [0.4, 0.5) is 11.4 Å². The molecule has 0 aliphatic carbocycles. The quantitative estimate of drug-likeness (QED) is 0.429. The lowest BCUT2D eigenvalue weighted by molar-refractivity contribution is -0.116. The highest BCUT2D eigenvalue weighted by molar-refractivity contribution is 7.92. The molecule has 0 heterocycles. The van der Waals surface area contributed by atoms with Crippen molar-refractivity contribution in [3.05, 3.63) is 95.6 Å². The van der Waals surface area contributed by atoms with Gasteiger partial charge >= 0.3 is 0 Å². The van der Waals surface area contributed by atoms with Crippen LogP contribution >= 0.6 is 0 Å². The zero-order chi connectivity index (χ0) is 25.4. The van der Waals surface area contributed by atoms with Crippen LogP contribution in [0.5, 0.6) is 0 Å². The van der Waals surface area contributed by atoms with E-state index >= 15 is 0 Å². The van der Waals surface area contributed by atoms with Crippen LogP contribution in [-0.2, 0) is 14.8 Å². The average Bonchev–Trinajstić information content (AvgIpc) is 2.82. The number of carbonyl (C=O) groups excluding carboxylic acids is 2. The summed E-state index contributed by atoms with van der Waals surface area (Å²) in [6.07, 6.45) is 1.59. The van der Waals surface area contributed by atoms with Crippen LogP contribution in [0.2, 0.25) is 0 Å². The van der Waals surface area contributed by atoms with Gasteiger partial charge in [-0.25, -0.2) is 8.42 Å². The molecule has 0 spiro atoms. The van der Waals surface area contributed by atoms with E-state index in [1.807, 2.05) is 56.3 Å². The number of para-hydroxylation sites is 2. The number of aryl methyl sites for hydroxylation is 1. The lowest BCUT2D eigenvalue weighted by Crippen LogP contribution is -2.32. The third-order valence-corrected chi connectivity index (χ3v) is 6.82. The second kappa shape index (κ2) is 11.7. The molecule has 0 saturated heterocycles. The summed E-state index contributed by atoms with van der Waals surface area (Å²) in [6, 6.07) is 23.5. The lowest BCUT2D eigenvalue weighted by atomic mass is 10.1. The Labute approximate surface area is 207 Å². The van der Waals surface area contributed by atoms with E-state index in [1.165, 1.54) is 4.31 Å². The molecule has 184 valence electrons. The van der Waals surface area contributed by atoms with Crippen LogP contribution in [0.25, 0.3) is 0 Å². The van der Waals surface area contributed by atoms with Gasteiger partial charge in [-0.15, -0.1) is 0 Å². The zero-order valence-electron chi connectivity index (χ0n) is 20.2. The molecule has 3 aromatic rings. The molecule has 7 nitrogen and oxygen atoms in total. The minimum absolute atomic E-state index is 0.105. The van der Waals surface area contributed by atoms with Crippen molar-refractivity contribution in [1.82, 2.24) is 5.32 Å². The maximum Gasteiger partial charge on any atom is 0.253 e. The van der Waals surface area contributed by atoms with Crippen LogP contribution in [0.3, 0.4) is 0 Å². The monoisotopic (exact) mass is 493 g/mol. The fraction of sp³-hybridized carbons (Fsp3) is 0.259. The molecule has 1 atom stereocenters. The number of rotatable bonds is 10. The summed E-state index contributed by atoms with van der Waals surface area (Å²) < 4.78 is 26.0. The van der Waals surface area contributed by atoms with E-state index < -0.39 is 10.0 Å². The van der Waals surface area contributed by atoms with Gasteiger partial charge < -0.3 is 10.6 Å². The Hall–Kier alpha value is -3.65. The summed E-state index contributed by atoms with van der Waals surface area (Å²) in [5, 5.41) is 5.76. The summed E-state index contributed by atoms with van der Waals surface area (Å²) in [6.45, 7) is 3.92. The first-order valence-corrected chi connectivity index (χ1v) is 13.3. The smallest absolute Gasteiger partial charge is 0.253 e. The fourth-order valence-corrected chi connectivity index (χ4v) is 4.82. The van der Waals surface area contributed by atoms with E-state index in [0.717, 1.165) is 17.4 Å². The van der Waals surface area contributed by atoms with Crippen molar-refractivity contribution >= 4 is 33.2 Å². The summed E-state index contributed by atoms with van der Waals surface area (Å²) in [7, 11) is -3.50. The molecule has 0 radical (unpaired) electrons. The molecular formula is C27H31N3O4S. The molecule has 2 N–H and O–H groups in total. The molecule has 0 fully saturated rings. The summed E-state index contributed by atoms with van der Waals surface area (Å²) >= 11 is 0. The highest BCUT2D eigenvalue weighted by atomic mass is 32.2. The number of anilines is 2. The van der Waals surface area contributed by atoms with Gasteiger partial charge in [0, 0.05) is 13.0 Å². The predicted molar refractivity (Wildman–Crippen MR) is 140 cm³/mol. The van der Waals surface area contributed by atoms with Crippen molar-refractivity contribution in [2.75, 3.05) is 22.4 Å². The van der Waals surface area contributed by atoms with Gasteiger partial charge in [0.1, 0.15) is 0 Å². The van der Waals surface area contributed by atoms with Gasteiger partial charge in [-0.3, -0.25) is 13.9 Å². The average molecular weight is 494 g/mol. The number of nitrogens with one attached hydrogen (secondary N) is 2.